The zero-order valence-electron chi connectivity index (χ0n) is 14.0. The third kappa shape index (κ3) is 5.10. The van der Waals surface area contributed by atoms with E-state index in [-0.39, 0.29) is 18.6 Å². The quantitative estimate of drug-likeness (QED) is 0.855. The number of hydrogen-bond donors (Lipinski definition) is 1. The van der Waals surface area contributed by atoms with E-state index in [2.05, 4.69) is 17.2 Å². The number of benzene rings is 2. The third-order valence-corrected chi connectivity index (χ3v) is 3.92. The molecular formula is C21H21NO3. The van der Waals surface area contributed by atoms with Gasteiger partial charge in [-0.3, -0.25) is 4.79 Å². The van der Waals surface area contributed by atoms with Crippen molar-refractivity contribution in [1.29, 1.82) is 0 Å². The third-order valence-electron chi connectivity index (χ3n) is 3.92. The van der Waals surface area contributed by atoms with Crippen molar-refractivity contribution in [2.24, 2.45) is 0 Å². The lowest BCUT2D eigenvalue weighted by Crippen LogP contribution is -2.25. The van der Waals surface area contributed by atoms with Crippen LogP contribution < -0.4 is 10.1 Å². The zero-order valence-corrected chi connectivity index (χ0v) is 14.0. The van der Waals surface area contributed by atoms with Crippen LogP contribution in [0.5, 0.6) is 5.75 Å². The standard InChI is InChI=1S/C21H21NO3/c23-21(22-14-6-10-17-8-2-1-3-9-17)19-12-4-5-13-20(19)25-16-18-11-7-15-24-18/h1-5,8-9,12-13,18H,7,11,14-16H2,(H,22,23). The zero-order chi connectivity index (χ0) is 17.3. The number of nitrogens with one attached hydrogen (secondary N) is 1. The molecule has 0 aliphatic carbocycles. The van der Waals surface area contributed by atoms with Crippen LogP contribution in [0.4, 0.5) is 0 Å². The average Bonchev–Trinajstić information content (AvgIpc) is 3.18. The van der Waals surface area contributed by atoms with Crippen LogP contribution >= 0.6 is 0 Å². The second kappa shape index (κ2) is 8.91. The van der Waals surface area contributed by atoms with Gasteiger partial charge in [0.25, 0.3) is 5.91 Å². The minimum atomic E-state index is -0.190. The minimum absolute atomic E-state index is 0.118. The van der Waals surface area contributed by atoms with Crippen molar-refractivity contribution < 1.29 is 14.3 Å². The topological polar surface area (TPSA) is 47.6 Å². The van der Waals surface area contributed by atoms with Crippen molar-refractivity contribution in [2.75, 3.05) is 19.8 Å². The van der Waals surface area contributed by atoms with E-state index in [1.165, 1.54) is 0 Å². The maximum absolute atomic E-state index is 12.4. The van der Waals surface area contributed by atoms with Crippen molar-refractivity contribution in [3.05, 3.63) is 65.7 Å². The molecule has 1 heterocycles. The number of ether oxygens (including phenoxy) is 2. The largest absolute Gasteiger partial charge is 0.490 e. The highest BCUT2D eigenvalue weighted by Crippen LogP contribution is 2.20. The highest BCUT2D eigenvalue weighted by atomic mass is 16.5. The first-order valence-electron chi connectivity index (χ1n) is 8.48. The Hall–Kier alpha value is -2.77. The Bertz CT molecular complexity index is 755. The maximum atomic E-state index is 12.4. The summed E-state index contributed by atoms with van der Waals surface area (Å²) in [5, 5.41) is 2.81. The number of rotatable bonds is 5. The Labute approximate surface area is 148 Å². The summed E-state index contributed by atoms with van der Waals surface area (Å²) in [6, 6.07) is 16.9. The number of amides is 1. The summed E-state index contributed by atoms with van der Waals surface area (Å²) in [6.07, 6.45) is 2.19. The van der Waals surface area contributed by atoms with Crippen LogP contribution in [0.3, 0.4) is 0 Å². The van der Waals surface area contributed by atoms with Crippen LogP contribution in [0.2, 0.25) is 0 Å². The fourth-order valence-corrected chi connectivity index (χ4v) is 2.63. The van der Waals surface area contributed by atoms with Gasteiger partial charge in [0.1, 0.15) is 12.4 Å². The van der Waals surface area contributed by atoms with Crippen molar-refractivity contribution in [1.82, 2.24) is 5.32 Å². The van der Waals surface area contributed by atoms with Gasteiger partial charge in [-0.1, -0.05) is 42.2 Å². The van der Waals surface area contributed by atoms with Gasteiger partial charge in [0.05, 0.1) is 18.2 Å². The van der Waals surface area contributed by atoms with E-state index in [1.54, 1.807) is 12.1 Å². The molecule has 2 aromatic carbocycles. The molecule has 1 atom stereocenters. The monoisotopic (exact) mass is 335 g/mol. The first kappa shape index (κ1) is 17.1. The SMILES string of the molecule is O=C(NCC#Cc1ccccc1)c1ccccc1OCC1CCCO1. The molecule has 1 fully saturated rings. The number of carbonyl (C=O) groups is 1. The summed E-state index contributed by atoms with van der Waals surface area (Å²) >= 11 is 0. The summed E-state index contributed by atoms with van der Waals surface area (Å²) < 4.78 is 11.3. The van der Waals surface area contributed by atoms with Gasteiger partial charge in [-0.05, 0) is 37.1 Å². The van der Waals surface area contributed by atoms with E-state index in [0.29, 0.717) is 17.9 Å². The maximum Gasteiger partial charge on any atom is 0.255 e. The van der Waals surface area contributed by atoms with E-state index in [9.17, 15) is 4.79 Å². The fraction of sp³-hybridized carbons (Fsp3) is 0.286. The number of carbonyl (C=O) groups excluding carboxylic acids is 1. The lowest BCUT2D eigenvalue weighted by molar-refractivity contribution is 0.0671. The van der Waals surface area contributed by atoms with Crippen LogP contribution in [0.25, 0.3) is 0 Å². The van der Waals surface area contributed by atoms with Gasteiger partial charge in [0.15, 0.2) is 0 Å². The molecule has 0 bridgehead atoms. The van der Waals surface area contributed by atoms with Crippen LogP contribution in [0.15, 0.2) is 54.6 Å². The predicted octanol–water partition coefficient (Wildman–Crippen LogP) is 3.03. The summed E-state index contributed by atoms with van der Waals surface area (Å²) in [4.78, 5) is 12.4. The first-order chi connectivity index (χ1) is 12.3. The van der Waals surface area contributed by atoms with E-state index < -0.39 is 0 Å². The van der Waals surface area contributed by atoms with Gasteiger partial charge < -0.3 is 14.8 Å². The normalized spacial score (nSPS) is 15.9. The van der Waals surface area contributed by atoms with Crippen molar-refractivity contribution >= 4 is 5.91 Å². The van der Waals surface area contributed by atoms with E-state index in [0.717, 1.165) is 25.0 Å². The predicted molar refractivity (Wildman–Crippen MR) is 96.6 cm³/mol. The second-order valence-corrected chi connectivity index (χ2v) is 5.79. The van der Waals surface area contributed by atoms with Crippen LogP contribution in [-0.4, -0.2) is 31.8 Å². The molecule has 1 unspecified atom stereocenters. The Morgan fingerprint density at radius 1 is 1.16 bits per heavy atom. The Morgan fingerprint density at radius 3 is 2.76 bits per heavy atom. The molecule has 1 aliphatic rings. The van der Waals surface area contributed by atoms with Gasteiger partial charge in [0.2, 0.25) is 0 Å². The lowest BCUT2D eigenvalue weighted by Gasteiger charge is -2.14. The summed E-state index contributed by atoms with van der Waals surface area (Å²) in [5.74, 6) is 6.36. The lowest BCUT2D eigenvalue weighted by atomic mass is 10.2. The molecule has 1 amide bonds. The second-order valence-electron chi connectivity index (χ2n) is 5.79. The number of para-hydroxylation sites is 1. The van der Waals surface area contributed by atoms with E-state index >= 15 is 0 Å². The van der Waals surface area contributed by atoms with Crippen molar-refractivity contribution in [3.8, 4) is 17.6 Å². The average molecular weight is 335 g/mol. The van der Waals surface area contributed by atoms with Crippen LogP contribution in [-0.2, 0) is 4.74 Å². The van der Waals surface area contributed by atoms with Crippen LogP contribution in [0.1, 0.15) is 28.8 Å². The Kier molecular flexibility index (Phi) is 6.08. The van der Waals surface area contributed by atoms with Crippen molar-refractivity contribution in [3.63, 3.8) is 0 Å². The van der Waals surface area contributed by atoms with Gasteiger partial charge >= 0.3 is 0 Å². The van der Waals surface area contributed by atoms with E-state index in [1.807, 2.05) is 42.5 Å². The minimum Gasteiger partial charge on any atom is -0.490 e. The molecule has 4 heteroatoms. The number of hydrogen-bond acceptors (Lipinski definition) is 3. The molecule has 3 rings (SSSR count). The highest BCUT2D eigenvalue weighted by molar-refractivity contribution is 5.97. The summed E-state index contributed by atoms with van der Waals surface area (Å²) in [5.41, 5.74) is 1.44. The van der Waals surface area contributed by atoms with Gasteiger partial charge in [0, 0.05) is 12.2 Å². The first-order valence-corrected chi connectivity index (χ1v) is 8.48. The molecule has 0 spiro atoms. The molecule has 25 heavy (non-hydrogen) atoms. The highest BCUT2D eigenvalue weighted by Gasteiger charge is 2.18. The van der Waals surface area contributed by atoms with Crippen molar-refractivity contribution in [2.45, 2.75) is 18.9 Å². The molecule has 4 nitrogen and oxygen atoms in total. The Balaban J connectivity index is 1.55. The molecule has 1 aliphatic heterocycles. The molecule has 0 radical (unpaired) electrons. The Morgan fingerprint density at radius 2 is 1.96 bits per heavy atom. The molecule has 1 N–H and O–H groups in total. The molecule has 2 aromatic rings. The summed E-state index contributed by atoms with van der Waals surface area (Å²) in [6.45, 7) is 1.54. The van der Waals surface area contributed by atoms with Gasteiger partial charge in [-0.2, -0.15) is 0 Å². The summed E-state index contributed by atoms with van der Waals surface area (Å²) in [7, 11) is 0. The van der Waals surface area contributed by atoms with Gasteiger partial charge in [-0.25, -0.2) is 0 Å². The fourth-order valence-electron chi connectivity index (χ4n) is 2.63. The molecular weight excluding hydrogens is 314 g/mol. The molecule has 1 saturated heterocycles. The molecule has 128 valence electrons. The van der Waals surface area contributed by atoms with Gasteiger partial charge in [-0.15, -0.1) is 0 Å². The van der Waals surface area contributed by atoms with Crippen LogP contribution in [0, 0.1) is 11.8 Å². The molecule has 0 aromatic heterocycles. The smallest absolute Gasteiger partial charge is 0.255 e. The molecule has 0 saturated carbocycles. The van der Waals surface area contributed by atoms with E-state index in [4.69, 9.17) is 9.47 Å².